The predicted octanol–water partition coefficient (Wildman–Crippen LogP) is 3.74. The molecular formula is C9H10ClF3N2S2. The first-order valence-corrected chi connectivity index (χ1v) is 5.79. The Labute approximate surface area is 113 Å². The standard InChI is InChI=1S/C9H10ClF3N2S2/c1-8(16,17)4-14-5-2-3-6(9(11,12)13)15-7(5)10/h2-3,14,16-17H,4H2,1H3. The van der Waals surface area contributed by atoms with Crippen molar-refractivity contribution in [3.63, 3.8) is 0 Å². The molecule has 0 atom stereocenters. The lowest BCUT2D eigenvalue weighted by atomic mass is 10.3. The number of hydrogen-bond donors (Lipinski definition) is 3. The second-order valence-electron chi connectivity index (χ2n) is 3.60. The molecule has 1 aromatic heterocycles. The molecule has 0 spiro atoms. The van der Waals surface area contributed by atoms with E-state index in [-0.39, 0.29) is 5.15 Å². The van der Waals surface area contributed by atoms with Gasteiger partial charge in [-0.25, -0.2) is 4.98 Å². The lowest BCUT2D eigenvalue weighted by Crippen LogP contribution is -2.21. The molecule has 0 bridgehead atoms. The molecule has 1 aromatic rings. The topological polar surface area (TPSA) is 24.9 Å². The molecule has 1 N–H and O–H groups in total. The van der Waals surface area contributed by atoms with Crippen LogP contribution in [0.3, 0.4) is 0 Å². The summed E-state index contributed by atoms with van der Waals surface area (Å²) in [6.45, 7) is 2.06. The summed E-state index contributed by atoms with van der Waals surface area (Å²) >= 11 is 13.9. The molecule has 1 rings (SSSR count). The van der Waals surface area contributed by atoms with Crippen molar-refractivity contribution in [3.8, 4) is 0 Å². The average Bonchev–Trinajstić information content (AvgIpc) is 2.12. The van der Waals surface area contributed by atoms with Gasteiger partial charge >= 0.3 is 6.18 Å². The van der Waals surface area contributed by atoms with E-state index in [1.54, 1.807) is 6.92 Å². The molecule has 2 nitrogen and oxygen atoms in total. The number of rotatable bonds is 3. The van der Waals surface area contributed by atoms with Gasteiger partial charge in [-0.1, -0.05) is 11.6 Å². The number of hydrogen-bond acceptors (Lipinski definition) is 4. The zero-order valence-corrected chi connectivity index (χ0v) is 11.3. The Morgan fingerprint density at radius 2 is 1.94 bits per heavy atom. The van der Waals surface area contributed by atoms with Gasteiger partial charge in [0.15, 0.2) is 5.15 Å². The minimum Gasteiger partial charge on any atom is -0.380 e. The summed E-state index contributed by atoms with van der Waals surface area (Å²) in [5, 5.41) is 2.59. The maximum Gasteiger partial charge on any atom is 0.433 e. The van der Waals surface area contributed by atoms with Crippen molar-refractivity contribution in [2.45, 2.75) is 17.2 Å². The molecule has 0 aliphatic carbocycles. The summed E-state index contributed by atoms with van der Waals surface area (Å²) in [4.78, 5) is 3.27. The Balaban J connectivity index is 2.84. The molecule has 1 heterocycles. The van der Waals surface area contributed by atoms with Crippen LogP contribution in [0.15, 0.2) is 12.1 Å². The molecule has 0 amide bonds. The number of aromatic nitrogens is 1. The SMILES string of the molecule is CC(S)(S)CNc1ccc(C(F)(F)F)nc1Cl. The van der Waals surface area contributed by atoms with E-state index in [9.17, 15) is 13.2 Å². The van der Waals surface area contributed by atoms with Gasteiger partial charge in [-0.15, -0.1) is 0 Å². The molecule has 96 valence electrons. The van der Waals surface area contributed by atoms with E-state index < -0.39 is 15.9 Å². The first-order chi connectivity index (χ1) is 7.59. The number of anilines is 1. The molecule has 8 heteroatoms. The summed E-state index contributed by atoms with van der Waals surface area (Å²) in [5.41, 5.74) is -0.707. The number of halogens is 4. The van der Waals surface area contributed by atoms with Crippen LogP contribution in [-0.2, 0) is 6.18 Å². The van der Waals surface area contributed by atoms with Gasteiger partial charge in [0, 0.05) is 6.54 Å². The summed E-state index contributed by atoms with van der Waals surface area (Å²) in [7, 11) is 0. The number of nitrogens with zero attached hydrogens (tertiary/aromatic N) is 1. The van der Waals surface area contributed by atoms with Crippen LogP contribution in [0.2, 0.25) is 5.15 Å². The van der Waals surface area contributed by atoms with Gasteiger partial charge in [-0.2, -0.15) is 38.4 Å². The summed E-state index contributed by atoms with van der Waals surface area (Å²) in [5.74, 6) is 0. The van der Waals surface area contributed by atoms with Crippen LogP contribution in [0.5, 0.6) is 0 Å². The second-order valence-corrected chi connectivity index (χ2v) is 6.29. The molecule has 0 fully saturated rings. The van der Waals surface area contributed by atoms with Crippen LogP contribution >= 0.6 is 36.9 Å². The van der Waals surface area contributed by atoms with Gasteiger partial charge in [0.25, 0.3) is 0 Å². The Hall–Kier alpha value is -0.270. The van der Waals surface area contributed by atoms with Crippen molar-refractivity contribution in [2.75, 3.05) is 11.9 Å². The van der Waals surface area contributed by atoms with Gasteiger partial charge in [-0.05, 0) is 19.1 Å². The maximum absolute atomic E-state index is 12.3. The van der Waals surface area contributed by atoms with E-state index in [1.165, 1.54) is 6.07 Å². The highest BCUT2D eigenvalue weighted by atomic mass is 35.5. The van der Waals surface area contributed by atoms with Crippen LogP contribution in [0, 0.1) is 0 Å². The van der Waals surface area contributed by atoms with E-state index in [0.717, 1.165) is 6.07 Å². The smallest absolute Gasteiger partial charge is 0.380 e. The largest absolute Gasteiger partial charge is 0.433 e. The van der Waals surface area contributed by atoms with Gasteiger partial charge < -0.3 is 5.32 Å². The van der Waals surface area contributed by atoms with Crippen LogP contribution in [-0.4, -0.2) is 15.6 Å². The Morgan fingerprint density at radius 1 is 1.35 bits per heavy atom. The van der Waals surface area contributed by atoms with E-state index in [4.69, 9.17) is 11.6 Å². The van der Waals surface area contributed by atoms with Crippen molar-refractivity contribution in [1.29, 1.82) is 0 Å². The third kappa shape index (κ3) is 4.85. The van der Waals surface area contributed by atoms with Crippen molar-refractivity contribution in [2.24, 2.45) is 0 Å². The average molecular weight is 303 g/mol. The zero-order chi connectivity index (χ0) is 13.3. The van der Waals surface area contributed by atoms with Crippen molar-refractivity contribution in [1.82, 2.24) is 4.98 Å². The normalized spacial score (nSPS) is 12.6. The van der Waals surface area contributed by atoms with Gasteiger partial charge in [0.1, 0.15) is 5.69 Å². The lowest BCUT2D eigenvalue weighted by Gasteiger charge is -2.18. The number of pyridine rings is 1. The van der Waals surface area contributed by atoms with Crippen LogP contribution in [0.25, 0.3) is 0 Å². The quantitative estimate of drug-likeness (QED) is 0.450. The highest BCUT2D eigenvalue weighted by molar-refractivity contribution is 8.00. The fourth-order valence-electron chi connectivity index (χ4n) is 0.987. The van der Waals surface area contributed by atoms with E-state index in [2.05, 4.69) is 35.6 Å². The summed E-state index contributed by atoms with van der Waals surface area (Å²) < 4.78 is 36.3. The number of thiol groups is 2. The molecule has 0 radical (unpaired) electrons. The minimum atomic E-state index is -4.50. The van der Waals surface area contributed by atoms with E-state index in [1.807, 2.05) is 0 Å². The number of alkyl halides is 3. The van der Waals surface area contributed by atoms with E-state index >= 15 is 0 Å². The summed E-state index contributed by atoms with van der Waals surface area (Å²) in [6.07, 6.45) is -4.50. The van der Waals surface area contributed by atoms with Crippen molar-refractivity contribution < 1.29 is 13.2 Å². The predicted molar refractivity (Wildman–Crippen MR) is 69.1 cm³/mol. The molecule has 0 aliphatic rings. The molecule has 0 aliphatic heterocycles. The third-order valence-corrected chi connectivity index (χ3v) is 2.36. The molecule has 17 heavy (non-hydrogen) atoms. The first kappa shape index (κ1) is 14.8. The molecule has 0 unspecified atom stereocenters. The highest BCUT2D eigenvalue weighted by Crippen LogP contribution is 2.31. The lowest BCUT2D eigenvalue weighted by molar-refractivity contribution is -0.141. The minimum absolute atomic E-state index is 0.231. The van der Waals surface area contributed by atoms with Crippen LogP contribution in [0.4, 0.5) is 18.9 Å². The molecular weight excluding hydrogens is 293 g/mol. The maximum atomic E-state index is 12.3. The van der Waals surface area contributed by atoms with Gasteiger partial charge in [0.05, 0.1) is 9.77 Å². The Kier molecular flexibility index (Phi) is 4.49. The molecule has 0 aromatic carbocycles. The van der Waals surface area contributed by atoms with Crippen LogP contribution < -0.4 is 5.32 Å². The second kappa shape index (κ2) is 5.16. The first-order valence-electron chi connectivity index (χ1n) is 4.52. The summed E-state index contributed by atoms with van der Waals surface area (Å²) in [6, 6.07) is 2.09. The monoisotopic (exact) mass is 302 g/mol. The van der Waals surface area contributed by atoms with Gasteiger partial charge in [-0.3, -0.25) is 0 Å². The fourth-order valence-corrected chi connectivity index (χ4v) is 1.37. The fraction of sp³-hybridized carbons (Fsp3) is 0.444. The highest BCUT2D eigenvalue weighted by Gasteiger charge is 2.32. The Morgan fingerprint density at radius 3 is 2.35 bits per heavy atom. The van der Waals surface area contributed by atoms with Gasteiger partial charge in [0.2, 0.25) is 0 Å². The van der Waals surface area contributed by atoms with Crippen molar-refractivity contribution >= 4 is 42.5 Å². The van der Waals surface area contributed by atoms with Crippen molar-refractivity contribution in [3.05, 3.63) is 23.0 Å². The zero-order valence-electron chi connectivity index (χ0n) is 8.72. The Bertz CT molecular complexity index is 404. The van der Waals surface area contributed by atoms with Crippen LogP contribution in [0.1, 0.15) is 12.6 Å². The third-order valence-electron chi connectivity index (χ3n) is 1.75. The molecule has 0 saturated carbocycles. The molecule has 0 saturated heterocycles. The van der Waals surface area contributed by atoms with E-state index in [0.29, 0.717) is 12.2 Å². The number of nitrogens with one attached hydrogen (secondary N) is 1.